The molecule has 1 aliphatic heterocycles. The van der Waals surface area contributed by atoms with E-state index < -0.39 is 0 Å². The second-order valence-corrected chi connectivity index (χ2v) is 7.07. The van der Waals surface area contributed by atoms with Gasteiger partial charge in [0.25, 0.3) is 5.91 Å². The number of H-pyrrole nitrogens is 1. The molecule has 0 unspecified atom stereocenters. The lowest BCUT2D eigenvalue weighted by molar-refractivity contribution is 0.0731. The van der Waals surface area contributed by atoms with Gasteiger partial charge in [0.1, 0.15) is 11.4 Å². The van der Waals surface area contributed by atoms with Crippen molar-refractivity contribution in [3.63, 3.8) is 0 Å². The van der Waals surface area contributed by atoms with Gasteiger partial charge < -0.3 is 20.4 Å². The molecule has 2 aromatic heterocycles. The molecule has 0 aliphatic carbocycles. The zero-order valence-electron chi connectivity index (χ0n) is 13.5. The third-order valence-electron chi connectivity index (χ3n) is 4.46. The molecule has 0 fully saturated rings. The fourth-order valence-corrected chi connectivity index (χ4v) is 4.07. The number of thiazole rings is 1. The quantitative estimate of drug-likeness (QED) is 0.750. The molecule has 4 rings (SSSR count). The number of amides is 1. The van der Waals surface area contributed by atoms with Crippen molar-refractivity contribution in [1.29, 1.82) is 0 Å². The number of aromatic nitrogens is 2. The Balaban J connectivity index is 1.68. The van der Waals surface area contributed by atoms with Crippen LogP contribution < -0.4 is 10.5 Å². The Labute approximate surface area is 143 Å². The highest BCUT2D eigenvalue weighted by molar-refractivity contribution is 7.15. The zero-order valence-corrected chi connectivity index (χ0v) is 14.4. The smallest absolute Gasteiger partial charge is 0.270 e. The van der Waals surface area contributed by atoms with E-state index >= 15 is 0 Å². The van der Waals surface area contributed by atoms with Gasteiger partial charge in [-0.1, -0.05) is 6.07 Å². The summed E-state index contributed by atoms with van der Waals surface area (Å²) in [5, 5.41) is 1.58. The predicted molar refractivity (Wildman–Crippen MR) is 94.6 cm³/mol. The van der Waals surface area contributed by atoms with Gasteiger partial charge in [-0.15, -0.1) is 11.3 Å². The number of nitrogen functional groups attached to an aromatic ring is 1. The monoisotopic (exact) mass is 342 g/mol. The first kappa shape index (κ1) is 15.0. The van der Waals surface area contributed by atoms with Crippen LogP contribution in [0.5, 0.6) is 5.75 Å². The van der Waals surface area contributed by atoms with E-state index in [0.717, 1.165) is 39.2 Å². The molecule has 3 aromatic rings. The van der Waals surface area contributed by atoms with Crippen molar-refractivity contribution in [2.75, 3.05) is 19.4 Å². The van der Waals surface area contributed by atoms with E-state index in [4.69, 9.17) is 10.5 Å². The Morgan fingerprint density at radius 2 is 2.29 bits per heavy atom. The largest absolute Gasteiger partial charge is 0.495 e. The minimum Gasteiger partial charge on any atom is -0.495 e. The van der Waals surface area contributed by atoms with Gasteiger partial charge in [0.05, 0.1) is 24.9 Å². The number of aromatic amines is 1. The van der Waals surface area contributed by atoms with Crippen LogP contribution in [0, 0.1) is 6.92 Å². The van der Waals surface area contributed by atoms with E-state index in [0.29, 0.717) is 23.9 Å². The Hall–Kier alpha value is -2.54. The number of hydrogen-bond acceptors (Lipinski definition) is 5. The van der Waals surface area contributed by atoms with E-state index in [9.17, 15) is 4.79 Å². The first-order chi connectivity index (χ1) is 11.6. The highest BCUT2D eigenvalue weighted by Gasteiger charge is 2.26. The van der Waals surface area contributed by atoms with E-state index in [1.165, 1.54) is 11.3 Å². The zero-order chi connectivity index (χ0) is 16.8. The molecule has 24 heavy (non-hydrogen) atoms. The molecule has 0 bridgehead atoms. The molecule has 1 aliphatic rings. The summed E-state index contributed by atoms with van der Waals surface area (Å²) in [5.74, 6) is 0.732. The lowest BCUT2D eigenvalue weighted by atomic mass is 10.1. The molecule has 1 amide bonds. The molecule has 6 nitrogen and oxygen atoms in total. The van der Waals surface area contributed by atoms with Gasteiger partial charge in [0.15, 0.2) is 5.13 Å². The number of carbonyl (C=O) groups is 1. The van der Waals surface area contributed by atoms with Crippen molar-refractivity contribution in [2.24, 2.45) is 0 Å². The number of nitrogens with two attached hydrogens (primary N) is 1. The fourth-order valence-electron chi connectivity index (χ4n) is 3.18. The Morgan fingerprint density at radius 3 is 3.08 bits per heavy atom. The highest BCUT2D eigenvalue weighted by Crippen LogP contribution is 2.30. The summed E-state index contributed by atoms with van der Waals surface area (Å²) < 4.78 is 5.39. The van der Waals surface area contributed by atoms with Crippen LogP contribution in [0.2, 0.25) is 0 Å². The van der Waals surface area contributed by atoms with E-state index in [1.807, 2.05) is 30.0 Å². The Kier molecular flexibility index (Phi) is 3.45. The van der Waals surface area contributed by atoms with E-state index in [-0.39, 0.29) is 5.91 Å². The first-order valence-corrected chi connectivity index (χ1v) is 8.58. The van der Waals surface area contributed by atoms with Crippen LogP contribution in [0.3, 0.4) is 0 Å². The molecular formula is C17H18N4O2S. The third-order valence-corrected chi connectivity index (χ3v) is 5.37. The van der Waals surface area contributed by atoms with Gasteiger partial charge in [-0.2, -0.15) is 0 Å². The first-order valence-electron chi connectivity index (χ1n) is 7.76. The van der Waals surface area contributed by atoms with Crippen LogP contribution in [-0.2, 0) is 13.0 Å². The van der Waals surface area contributed by atoms with Gasteiger partial charge in [0.2, 0.25) is 0 Å². The molecule has 1 aromatic carbocycles. The lowest BCUT2D eigenvalue weighted by Gasteiger charge is -2.25. The molecule has 124 valence electrons. The highest BCUT2D eigenvalue weighted by atomic mass is 32.1. The summed E-state index contributed by atoms with van der Waals surface area (Å²) in [5.41, 5.74) is 9.35. The average Bonchev–Trinajstić information content (AvgIpc) is 3.17. The van der Waals surface area contributed by atoms with Gasteiger partial charge in [-0.3, -0.25) is 4.79 Å². The third kappa shape index (κ3) is 2.32. The number of methoxy groups -OCH3 is 1. The van der Waals surface area contributed by atoms with Crippen LogP contribution in [-0.4, -0.2) is 34.4 Å². The molecular weight excluding hydrogens is 324 g/mol. The van der Waals surface area contributed by atoms with Crippen LogP contribution in [0.25, 0.3) is 10.9 Å². The maximum atomic E-state index is 12.9. The summed E-state index contributed by atoms with van der Waals surface area (Å²) in [7, 11) is 1.63. The molecule has 0 saturated carbocycles. The maximum absolute atomic E-state index is 12.9. The van der Waals surface area contributed by atoms with Crippen molar-refractivity contribution in [1.82, 2.24) is 14.9 Å². The van der Waals surface area contributed by atoms with Gasteiger partial charge in [-0.05, 0) is 24.6 Å². The summed E-state index contributed by atoms with van der Waals surface area (Å²) in [4.78, 5) is 23.4. The van der Waals surface area contributed by atoms with Gasteiger partial charge in [-0.25, -0.2) is 4.98 Å². The average molecular weight is 342 g/mol. The van der Waals surface area contributed by atoms with Gasteiger partial charge in [0, 0.05) is 23.2 Å². The van der Waals surface area contributed by atoms with Crippen LogP contribution in [0.1, 0.15) is 26.6 Å². The minimum absolute atomic E-state index is 0.00901. The van der Waals surface area contributed by atoms with Crippen molar-refractivity contribution >= 4 is 33.3 Å². The summed E-state index contributed by atoms with van der Waals surface area (Å²) in [6.45, 7) is 3.24. The van der Waals surface area contributed by atoms with Crippen LogP contribution in [0.15, 0.2) is 18.2 Å². The second-order valence-electron chi connectivity index (χ2n) is 5.96. The number of benzene rings is 1. The number of rotatable bonds is 2. The maximum Gasteiger partial charge on any atom is 0.270 e. The van der Waals surface area contributed by atoms with Crippen LogP contribution in [0.4, 0.5) is 5.13 Å². The summed E-state index contributed by atoms with van der Waals surface area (Å²) in [6, 6.07) is 5.82. The van der Waals surface area contributed by atoms with Crippen molar-refractivity contribution in [2.45, 2.75) is 19.9 Å². The van der Waals surface area contributed by atoms with E-state index in [1.54, 1.807) is 7.11 Å². The molecule has 3 heterocycles. The molecule has 0 atom stereocenters. The number of ether oxygens (including phenoxy) is 1. The number of anilines is 1. The van der Waals surface area contributed by atoms with E-state index in [2.05, 4.69) is 9.97 Å². The number of carbonyl (C=O) groups excluding carboxylic acids is 1. The van der Waals surface area contributed by atoms with Crippen LogP contribution >= 0.6 is 11.3 Å². The molecule has 7 heteroatoms. The molecule has 3 N–H and O–H groups in total. The fraction of sp³-hybridized carbons (Fsp3) is 0.294. The Bertz CT molecular complexity index is 944. The van der Waals surface area contributed by atoms with Crippen molar-refractivity contribution in [3.05, 3.63) is 40.0 Å². The number of aryl methyl sites for hydroxylation is 1. The Morgan fingerprint density at radius 1 is 1.46 bits per heavy atom. The SMILES string of the molecule is COc1ccc(C)c2cc(C(=O)N3CCc4nc(N)sc4C3)[nH]c12. The van der Waals surface area contributed by atoms with Crippen molar-refractivity contribution < 1.29 is 9.53 Å². The van der Waals surface area contributed by atoms with Gasteiger partial charge >= 0.3 is 0 Å². The number of nitrogens with zero attached hydrogens (tertiary/aromatic N) is 2. The topological polar surface area (TPSA) is 84.2 Å². The number of fused-ring (bicyclic) bond motifs is 2. The minimum atomic E-state index is -0.00901. The summed E-state index contributed by atoms with van der Waals surface area (Å²) in [6.07, 6.45) is 0.747. The second kappa shape index (κ2) is 5.52. The summed E-state index contributed by atoms with van der Waals surface area (Å²) >= 11 is 1.46. The van der Waals surface area contributed by atoms with Crippen molar-refractivity contribution in [3.8, 4) is 5.75 Å². The number of hydrogen-bond donors (Lipinski definition) is 2. The standard InChI is InChI=1S/C17H18N4O2S/c1-9-3-4-13(23-2)15-10(9)7-12(19-15)16(22)21-6-5-11-14(8-21)24-17(18)20-11/h3-4,7,19H,5-6,8H2,1-2H3,(H2,18,20). The predicted octanol–water partition coefficient (Wildman–Crippen LogP) is 2.72. The molecule has 0 saturated heterocycles. The molecule has 0 radical (unpaired) electrons. The normalized spacial score (nSPS) is 14.0. The lowest BCUT2D eigenvalue weighted by Crippen LogP contribution is -2.35. The number of nitrogens with one attached hydrogen (secondary N) is 1. The molecule has 0 spiro atoms.